The number of nitrogens with one attached hydrogen (secondary N) is 1. The maximum absolute atomic E-state index is 11.3. The van der Waals surface area contributed by atoms with Gasteiger partial charge < -0.3 is 5.32 Å². The minimum Gasteiger partial charge on any atom is -0.315 e. The molecular formula is C10H21N5O2S2. The van der Waals surface area contributed by atoms with Gasteiger partial charge in [0.15, 0.2) is 0 Å². The van der Waals surface area contributed by atoms with E-state index in [-0.39, 0.29) is 11.5 Å². The third kappa shape index (κ3) is 6.35. The molecule has 1 aromatic heterocycles. The normalized spacial score (nSPS) is 11.9. The zero-order valence-corrected chi connectivity index (χ0v) is 13.0. The number of rotatable bonds is 10. The van der Waals surface area contributed by atoms with Crippen LogP contribution in [0.3, 0.4) is 0 Å². The van der Waals surface area contributed by atoms with E-state index in [1.165, 1.54) is 11.8 Å². The largest absolute Gasteiger partial charge is 0.315 e. The molecule has 0 atom stereocenters. The Kier molecular flexibility index (Phi) is 7.32. The van der Waals surface area contributed by atoms with Gasteiger partial charge in [0.2, 0.25) is 5.16 Å². The Hall–Kier alpha value is -0.670. The van der Waals surface area contributed by atoms with Gasteiger partial charge in [-0.1, -0.05) is 25.6 Å². The highest BCUT2D eigenvalue weighted by Crippen LogP contribution is 2.14. The van der Waals surface area contributed by atoms with Crippen LogP contribution < -0.4 is 5.32 Å². The predicted octanol–water partition coefficient (Wildman–Crippen LogP) is 0.200. The number of thioether (sulfide) groups is 1. The highest BCUT2D eigenvalue weighted by Gasteiger charge is 2.09. The zero-order chi connectivity index (χ0) is 14.1. The molecule has 0 aliphatic carbocycles. The molecule has 0 spiro atoms. The average molecular weight is 307 g/mol. The van der Waals surface area contributed by atoms with Crippen molar-refractivity contribution in [1.29, 1.82) is 0 Å². The highest BCUT2D eigenvalue weighted by molar-refractivity contribution is 7.99. The first-order chi connectivity index (χ1) is 9.09. The lowest BCUT2D eigenvalue weighted by molar-refractivity contribution is 0.517. The summed E-state index contributed by atoms with van der Waals surface area (Å²) in [6, 6.07) is 0. The Bertz CT molecular complexity index is 460. The van der Waals surface area contributed by atoms with Crippen molar-refractivity contribution in [2.45, 2.75) is 32.0 Å². The van der Waals surface area contributed by atoms with Gasteiger partial charge >= 0.3 is 0 Å². The highest BCUT2D eigenvalue weighted by atomic mass is 32.2. The van der Waals surface area contributed by atoms with Crippen LogP contribution in [0.25, 0.3) is 0 Å². The molecule has 0 bridgehead atoms. The fourth-order valence-corrected chi connectivity index (χ4v) is 3.29. The third-order valence-corrected chi connectivity index (χ3v) is 5.35. The Morgan fingerprint density at radius 2 is 2.16 bits per heavy atom. The maximum atomic E-state index is 11.3. The van der Waals surface area contributed by atoms with Crippen molar-refractivity contribution in [3.63, 3.8) is 0 Å². The number of hydrogen-bond acceptors (Lipinski definition) is 7. The van der Waals surface area contributed by atoms with Crippen LogP contribution in [0, 0.1) is 0 Å². The van der Waals surface area contributed by atoms with Gasteiger partial charge in [-0.3, -0.25) is 0 Å². The first-order valence-electron chi connectivity index (χ1n) is 6.39. The summed E-state index contributed by atoms with van der Waals surface area (Å²) < 4.78 is 24.4. The number of likely N-dealkylation sites (N-methyl/N-ethyl adjacent to an activating group) is 1. The van der Waals surface area contributed by atoms with E-state index in [4.69, 9.17) is 0 Å². The molecule has 7 nitrogen and oxygen atoms in total. The molecular weight excluding hydrogens is 286 g/mol. The van der Waals surface area contributed by atoms with Crippen LogP contribution in [0.2, 0.25) is 0 Å². The molecule has 0 aliphatic rings. The number of tetrazole rings is 1. The number of sulfone groups is 1. The van der Waals surface area contributed by atoms with Crippen molar-refractivity contribution in [2.24, 2.45) is 0 Å². The fourth-order valence-electron chi connectivity index (χ4n) is 1.39. The molecule has 110 valence electrons. The monoisotopic (exact) mass is 307 g/mol. The average Bonchev–Trinajstić information content (AvgIpc) is 2.83. The van der Waals surface area contributed by atoms with Crippen LogP contribution in [0.4, 0.5) is 0 Å². The van der Waals surface area contributed by atoms with Crippen LogP contribution >= 0.6 is 11.8 Å². The van der Waals surface area contributed by atoms with Crippen molar-refractivity contribution in [2.75, 3.05) is 30.3 Å². The fraction of sp³-hybridized carbons (Fsp3) is 0.900. The lowest BCUT2D eigenvalue weighted by Gasteiger charge is -2.04. The summed E-state index contributed by atoms with van der Waals surface area (Å²) in [4.78, 5) is 0. The van der Waals surface area contributed by atoms with Gasteiger partial charge in [0.25, 0.3) is 0 Å². The van der Waals surface area contributed by atoms with Gasteiger partial charge in [-0.05, 0) is 23.4 Å². The summed E-state index contributed by atoms with van der Waals surface area (Å²) in [5, 5.41) is 15.4. The second kappa shape index (κ2) is 8.49. The van der Waals surface area contributed by atoms with Crippen molar-refractivity contribution in [1.82, 2.24) is 25.5 Å². The van der Waals surface area contributed by atoms with Gasteiger partial charge in [0, 0.05) is 18.1 Å². The number of hydrogen-bond donors (Lipinski definition) is 1. The summed E-state index contributed by atoms with van der Waals surface area (Å²) in [7, 11) is -2.87. The molecule has 0 aromatic carbocycles. The van der Waals surface area contributed by atoms with Crippen molar-refractivity contribution < 1.29 is 8.42 Å². The van der Waals surface area contributed by atoms with E-state index in [1.54, 1.807) is 11.6 Å². The van der Waals surface area contributed by atoms with Crippen molar-refractivity contribution in [3.05, 3.63) is 0 Å². The molecule has 0 saturated heterocycles. The second-order valence-corrected chi connectivity index (χ2v) is 7.51. The maximum Gasteiger partial charge on any atom is 0.209 e. The lowest BCUT2D eigenvalue weighted by atomic mass is 10.6. The Morgan fingerprint density at radius 3 is 2.84 bits per heavy atom. The summed E-state index contributed by atoms with van der Waals surface area (Å²) >= 11 is 1.50. The van der Waals surface area contributed by atoms with Crippen LogP contribution in [-0.4, -0.2) is 59.0 Å². The van der Waals surface area contributed by atoms with Crippen molar-refractivity contribution in [3.8, 4) is 0 Å². The molecule has 1 N–H and O–H groups in total. The Morgan fingerprint density at radius 1 is 1.37 bits per heavy atom. The van der Waals surface area contributed by atoms with E-state index < -0.39 is 9.84 Å². The first kappa shape index (κ1) is 16.4. The minimum atomic E-state index is -2.87. The molecule has 1 heterocycles. The Labute approximate surface area is 118 Å². The molecule has 1 rings (SSSR count). The van der Waals surface area contributed by atoms with Crippen molar-refractivity contribution >= 4 is 21.6 Å². The Balaban J connectivity index is 2.31. The molecule has 19 heavy (non-hydrogen) atoms. The zero-order valence-electron chi connectivity index (χ0n) is 11.4. The third-order valence-electron chi connectivity index (χ3n) is 2.52. The lowest BCUT2D eigenvalue weighted by Crippen LogP contribution is -2.20. The molecule has 0 fully saturated rings. The second-order valence-electron chi connectivity index (χ2n) is 3.98. The van der Waals surface area contributed by atoms with Crippen LogP contribution in [0.1, 0.15) is 20.3 Å². The van der Waals surface area contributed by atoms with E-state index in [0.29, 0.717) is 12.2 Å². The molecule has 0 aliphatic heterocycles. The SMILES string of the molecule is CCNCCn1nnnc1SCCCS(=O)(=O)CC. The smallest absolute Gasteiger partial charge is 0.209 e. The molecule has 9 heteroatoms. The minimum absolute atomic E-state index is 0.206. The van der Waals surface area contributed by atoms with E-state index in [9.17, 15) is 8.42 Å². The van der Waals surface area contributed by atoms with Gasteiger partial charge in [-0.25, -0.2) is 13.1 Å². The molecule has 0 saturated carbocycles. The van der Waals surface area contributed by atoms with Crippen LogP contribution in [0.5, 0.6) is 0 Å². The molecule has 0 amide bonds. The number of aromatic nitrogens is 4. The van der Waals surface area contributed by atoms with E-state index in [1.807, 2.05) is 6.92 Å². The molecule has 0 unspecified atom stereocenters. The van der Waals surface area contributed by atoms with E-state index in [0.717, 1.165) is 24.8 Å². The molecule has 1 aromatic rings. The van der Waals surface area contributed by atoms with Gasteiger partial charge in [0.1, 0.15) is 9.84 Å². The number of nitrogens with zero attached hydrogens (tertiary/aromatic N) is 4. The molecule has 0 radical (unpaired) electrons. The summed E-state index contributed by atoms with van der Waals surface area (Å²) in [6.07, 6.45) is 0.626. The quantitative estimate of drug-likeness (QED) is 0.488. The predicted molar refractivity (Wildman–Crippen MR) is 76.0 cm³/mol. The summed E-state index contributed by atoms with van der Waals surface area (Å²) in [6.45, 7) is 6.17. The summed E-state index contributed by atoms with van der Waals surface area (Å²) in [5.74, 6) is 1.15. The first-order valence-corrected chi connectivity index (χ1v) is 9.20. The van der Waals surface area contributed by atoms with E-state index >= 15 is 0 Å². The van der Waals surface area contributed by atoms with Gasteiger partial charge in [0.05, 0.1) is 12.3 Å². The van der Waals surface area contributed by atoms with Gasteiger partial charge in [-0.15, -0.1) is 5.10 Å². The van der Waals surface area contributed by atoms with E-state index in [2.05, 4.69) is 20.8 Å². The van der Waals surface area contributed by atoms with Crippen LogP contribution in [-0.2, 0) is 16.4 Å². The summed E-state index contributed by atoms with van der Waals surface area (Å²) in [5.41, 5.74) is 0. The van der Waals surface area contributed by atoms with Crippen LogP contribution in [0.15, 0.2) is 5.16 Å². The standard InChI is InChI=1S/C10H21N5O2S2/c1-3-11-6-7-15-10(12-13-14-15)18-8-5-9-19(16,17)4-2/h11H,3-9H2,1-2H3. The topological polar surface area (TPSA) is 89.8 Å². The van der Waals surface area contributed by atoms with Gasteiger partial charge in [-0.2, -0.15) is 0 Å².